The molecule has 0 aliphatic heterocycles. The van der Waals surface area contributed by atoms with Gasteiger partial charge >= 0.3 is 0 Å². The van der Waals surface area contributed by atoms with Crippen molar-refractivity contribution in [1.29, 1.82) is 0 Å². The van der Waals surface area contributed by atoms with Crippen molar-refractivity contribution in [3.63, 3.8) is 0 Å². The molecule has 1 rings (SSSR count). The highest BCUT2D eigenvalue weighted by atomic mass is 14.4. The van der Waals surface area contributed by atoms with Crippen LogP contribution in [-0.2, 0) is 0 Å². The van der Waals surface area contributed by atoms with Crippen molar-refractivity contribution in [2.75, 3.05) is 0 Å². The largest absolute Gasteiger partial charge is 0.110 e. The van der Waals surface area contributed by atoms with Crippen LogP contribution in [0, 0.1) is 11.3 Å². The molecule has 0 spiro atoms. The molecule has 0 radical (unpaired) electrons. The molecule has 76 valence electrons. The normalized spacial score (nSPS) is 23.5. The maximum absolute atomic E-state index is 2.51. The zero-order valence-electron chi connectivity index (χ0n) is 10.1. The second-order valence-corrected chi connectivity index (χ2v) is 6.00. The lowest BCUT2D eigenvalue weighted by Crippen LogP contribution is -2.37. The predicted molar refractivity (Wildman–Crippen MR) is 62.9 cm³/mol. The van der Waals surface area contributed by atoms with Crippen molar-refractivity contribution >= 4 is 7.85 Å². The van der Waals surface area contributed by atoms with Gasteiger partial charge in [0.05, 0.1) is 0 Å². The van der Waals surface area contributed by atoms with Crippen LogP contribution in [0.25, 0.3) is 0 Å². The molecule has 1 aliphatic rings. The summed E-state index contributed by atoms with van der Waals surface area (Å²) in [7, 11) is 2.51. The quantitative estimate of drug-likeness (QED) is 0.571. The summed E-state index contributed by atoms with van der Waals surface area (Å²) in [6.45, 7) is 9.67. The van der Waals surface area contributed by atoms with Gasteiger partial charge in [-0.2, -0.15) is 0 Å². The molecule has 0 amide bonds. The first-order valence-electron chi connectivity index (χ1n) is 5.90. The van der Waals surface area contributed by atoms with Crippen molar-refractivity contribution in [2.45, 2.75) is 65.1 Å². The van der Waals surface area contributed by atoms with E-state index < -0.39 is 0 Å². The molecule has 13 heavy (non-hydrogen) atoms. The third-order valence-electron chi connectivity index (χ3n) is 4.96. The lowest BCUT2D eigenvalue weighted by atomic mass is 9.45. The Bertz CT molecular complexity index is 164. The fraction of sp³-hybridized carbons (Fsp3) is 1.00. The van der Waals surface area contributed by atoms with Gasteiger partial charge in [-0.15, -0.1) is 0 Å². The van der Waals surface area contributed by atoms with Gasteiger partial charge in [0.25, 0.3) is 0 Å². The minimum atomic E-state index is 0.507. The second-order valence-electron chi connectivity index (χ2n) is 6.00. The van der Waals surface area contributed by atoms with Crippen LogP contribution in [0.2, 0.25) is 5.31 Å². The van der Waals surface area contributed by atoms with E-state index in [1.54, 1.807) is 0 Å². The molecule has 1 aliphatic carbocycles. The highest BCUT2D eigenvalue weighted by molar-refractivity contribution is 6.15. The van der Waals surface area contributed by atoms with E-state index in [1.807, 2.05) is 0 Å². The second kappa shape index (κ2) is 3.67. The van der Waals surface area contributed by atoms with Crippen LogP contribution < -0.4 is 0 Å². The van der Waals surface area contributed by atoms with Gasteiger partial charge in [-0.3, -0.25) is 0 Å². The molecule has 0 aromatic heterocycles. The zero-order chi connectivity index (χ0) is 10.1. The molecule has 0 nitrogen and oxygen atoms in total. The Balaban J connectivity index is 2.76. The van der Waals surface area contributed by atoms with Gasteiger partial charge < -0.3 is 0 Å². The van der Waals surface area contributed by atoms with Gasteiger partial charge in [-0.25, -0.2) is 0 Å². The van der Waals surface area contributed by atoms with Crippen LogP contribution in [0.5, 0.6) is 0 Å². The van der Waals surface area contributed by atoms with Crippen LogP contribution >= 0.6 is 0 Å². The molecule has 0 saturated heterocycles. The standard InChI is InChI=1S/C12H25B/c1-10(2)11(3,4)12(13)8-6-5-7-9-12/h10H,5-9,13H2,1-4H3. The molecule has 1 fully saturated rings. The number of rotatable bonds is 2. The molecule has 1 heteroatoms. The lowest BCUT2D eigenvalue weighted by Gasteiger charge is -2.50. The molecule has 0 unspecified atom stereocenters. The molecule has 0 atom stereocenters. The van der Waals surface area contributed by atoms with E-state index in [2.05, 4.69) is 35.5 Å². The van der Waals surface area contributed by atoms with E-state index in [0.717, 1.165) is 5.92 Å². The first-order valence-corrected chi connectivity index (χ1v) is 5.90. The fourth-order valence-corrected chi connectivity index (χ4v) is 2.67. The van der Waals surface area contributed by atoms with Crippen LogP contribution in [0.15, 0.2) is 0 Å². The summed E-state index contributed by atoms with van der Waals surface area (Å²) in [6, 6.07) is 0. The van der Waals surface area contributed by atoms with Crippen molar-refractivity contribution in [1.82, 2.24) is 0 Å². The molecular formula is C12H25B. The van der Waals surface area contributed by atoms with E-state index in [9.17, 15) is 0 Å². The number of hydrogen-bond acceptors (Lipinski definition) is 0. The summed E-state index contributed by atoms with van der Waals surface area (Å²) < 4.78 is 0. The Kier molecular flexibility index (Phi) is 3.14. The summed E-state index contributed by atoms with van der Waals surface area (Å²) >= 11 is 0. The molecule has 1 saturated carbocycles. The van der Waals surface area contributed by atoms with Crippen molar-refractivity contribution in [3.05, 3.63) is 0 Å². The molecular weight excluding hydrogens is 155 g/mol. The van der Waals surface area contributed by atoms with E-state index in [4.69, 9.17) is 0 Å². The summed E-state index contributed by atoms with van der Waals surface area (Å²) in [5.74, 6) is 0.801. The Hall–Kier alpha value is 0.0649. The van der Waals surface area contributed by atoms with Gasteiger partial charge in [0.15, 0.2) is 0 Å². The van der Waals surface area contributed by atoms with Crippen LogP contribution in [0.4, 0.5) is 0 Å². The molecule has 0 aromatic rings. The first kappa shape index (κ1) is 11.1. The average molecular weight is 180 g/mol. The molecule has 0 N–H and O–H groups in total. The minimum Gasteiger partial charge on any atom is -0.0623 e. The van der Waals surface area contributed by atoms with Gasteiger partial charge in [0.1, 0.15) is 7.85 Å². The summed E-state index contributed by atoms with van der Waals surface area (Å²) in [5.41, 5.74) is 0.507. The van der Waals surface area contributed by atoms with E-state index >= 15 is 0 Å². The van der Waals surface area contributed by atoms with Crippen molar-refractivity contribution in [2.24, 2.45) is 11.3 Å². The van der Waals surface area contributed by atoms with E-state index in [0.29, 0.717) is 10.7 Å². The minimum absolute atomic E-state index is 0.507. The topological polar surface area (TPSA) is 0 Å². The van der Waals surface area contributed by atoms with Gasteiger partial charge in [-0.05, 0) is 11.3 Å². The summed E-state index contributed by atoms with van der Waals surface area (Å²) in [4.78, 5) is 0. The fourth-order valence-electron chi connectivity index (χ4n) is 2.67. The van der Waals surface area contributed by atoms with E-state index in [-0.39, 0.29) is 0 Å². The zero-order valence-corrected chi connectivity index (χ0v) is 10.1. The predicted octanol–water partition coefficient (Wildman–Crippen LogP) is 3.42. The molecule has 0 aromatic carbocycles. The van der Waals surface area contributed by atoms with Crippen molar-refractivity contribution < 1.29 is 0 Å². The highest BCUT2D eigenvalue weighted by Gasteiger charge is 2.42. The van der Waals surface area contributed by atoms with Gasteiger partial charge in [-0.1, -0.05) is 65.1 Å². The van der Waals surface area contributed by atoms with Crippen molar-refractivity contribution in [3.8, 4) is 0 Å². The maximum atomic E-state index is 2.51. The maximum Gasteiger partial charge on any atom is 0.110 e. The summed E-state index contributed by atoms with van der Waals surface area (Å²) in [5, 5.41) is 0.597. The van der Waals surface area contributed by atoms with E-state index in [1.165, 1.54) is 32.1 Å². The third-order valence-corrected chi connectivity index (χ3v) is 4.96. The van der Waals surface area contributed by atoms with Crippen LogP contribution in [0.3, 0.4) is 0 Å². The molecule has 0 heterocycles. The van der Waals surface area contributed by atoms with Gasteiger partial charge in [0.2, 0.25) is 0 Å². The summed E-state index contributed by atoms with van der Waals surface area (Å²) in [6.07, 6.45) is 7.25. The highest BCUT2D eigenvalue weighted by Crippen LogP contribution is 2.56. The molecule has 0 bridgehead atoms. The van der Waals surface area contributed by atoms with Crippen LogP contribution in [0.1, 0.15) is 59.8 Å². The Morgan fingerprint density at radius 3 is 1.92 bits per heavy atom. The smallest absolute Gasteiger partial charge is 0.0623 e. The van der Waals surface area contributed by atoms with Crippen LogP contribution in [-0.4, -0.2) is 7.85 Å². The van der Waals surface area contributed by atoms with Gasteiger partial charge in [0, 0.05) is 0 Å². The third kappa shape index (κ3) is 1.95. The number of hydrogen-bond donors (Lipinski definition) is 0. The average Bonchev–Trinajstić information content (AvgIpc) is 2.05. The first-order chi connectivity index (χ1) is 5.90. The monoisotopic (exact) mass is 180 g/mol. The SMILES string of the molecule is BC1(C(C)(C)C(C)C)CCCCC1. The lowest BCUT2D eigenvalue weighted by molar-refractivity contribution is 0.119. The Morgan fingerprint density at radius 2 is 1.54 bits per heavy atom. The Morgan fingerprint density at radius 1 is 1.08 bits per heavy atom. The Labute approximate surface area is 84.9 Å².